The minimum absolute atomic E-state index is 0.0421. The Bertz CT molecular complexity index is 764. The fraction of sp³-hybridized carbons (Fsp3) is 0.0556. The maximum absolute atomic E-state index is 12.2. The van der Waals surface area contributed by atoms with Crippen LogP contribution < -0.4 is 5.32 Å². The van der Waals surface area contributed by atoms with E-state index in [2.05, 4.69) is 32.5 Å². The van der Waals surface area contributed by atoms with Crippen LogP contribution >= 0.6 is 22.6 Å². The lowest BCUT2D eigenvalue weighted by atomic mass is 10.2. The molecule has 0 atom stereocenters. The molecule has 2 aromatic carbocycles. The standard InChI is InChI=1S/C18H15IN2O/c19-17-6-2-1-5-16(17)18(22)20-13-14-7-9-15(10-8-14)21-11-3-4-12-21/h1-12H,13H2,(H,20,22). The molecule has 0 saturated carbocycles. The van der Waals surface area contributed by atoms with Crippen LogP contribution in [0.1, 0.15) is 15.9 Å². The Morgan fingerprint density at radius 3 is 2.32 bits per heavy atom. The Hall–Kier alpha value is -2.08. The van der Waals surface area contributed by atoms with Gasteiger partial charge in [0.25, 0.3) is 5.91 Å². The molecule has 0 radical (unpaired) electrons. The molecule has 3 nitrogen and oxygen atoms in total. The number of aromatic nitrogens is 1. The largest absolute Gasteiger partial charge is 0.348 e. The van der Waals surface area contributed by atoms with Crippen LogP contribution in [0.5, 0.6) is 0 Å². The number of rotatable bonds is 4. The van der Waals surface area contributed by atoms with E-state index in [1.54, 1.807) is 0 Å². The van der Waals surface area contributed by atoms with E-state index in [0.29, 0.717) is 12.1 Å². The third-order valence-electron chi connectivity index (χ3n) is 3.41. The van der Waals surface area contributed by atoms with Gasteiger partial charge in [0.15, 0.2) is 0 Å². The Morgan fingerprint density at radius 2 is 1.64 bits per heavy atom. The summed E-state index contributed by atoms with van der Waals surface area (Å²) in [5, 5.41) is 2.96. The average molecular weight is 402 g/mol. The van der Waals surface area contributed by atoms with Crippen molar-refractivity contribution < 1.29 is 4.79 Å². The summed E-state index contributed by atoms with van der Waals surface area (Å²) in [7, 11) is 0. The SMILES string of the molecule is O=C(NCc1ccc(-n2cccc2)cc1)c1ccccc1I. The van der Waals surface area contributed by atoms with Crippen LogP contribution in [-0.4, -0.2) is 10.5 Å². The fourth-order valence-electron chi connectivity index (χ4n) is 2.22. The molecule has 22 heavy (non-hydrogen) atoms. The van der Waals surface area contributed by atoms with Crippen LogP contribution in [0.2, 0.25) is 0 Å². The Balaban J connectivity index is 1.64. The van der Waals surface area contributed by atoms with Gasteiger partial charge in [0.1, 0.15) is 0 Å². The van der Waals surface area contributed by atoms with Crippen molar-refractivity contribution in [2.45, 2.75) is 6.54 Å². The minimum atomic E-state index is -0.0421. The van der Waals surface area contributed by atoms with Gasteiger partial charge in [0, 0.05) is 28.2 Å². The van der Waals surface area contributed by atoms with E-state index in [-0.39, 0.29) is 5.91 Å². The maximum atomic E-state index is 12.2. The molecule has 0 saturated heterocycles. The monoisotopic (exact) mass is 402 g/mol. The molecule has 0 unspecified atom stereocenters. The van der Waals surface area contributed by atoms with Gasteiger partial charge in [0.05, 0.1) is 5.56 Å². The first kappa shape index (κ1) is 14.8. The molecule has 0 fully saturated rings. The Kier molecular flexibility index (Phi) is 4.58. The summed E-state index contributed by atoms with van der Waals surface area (Å²) in [6.45, 7) is 0.524. The quantitative estimate of drug-likeness (QED) is 0.658. The molecule has 1 amide bonds. The van der Waals surface area contributed by atoms with Crippen molar-refractivity contribution in [2.24, 2.45) is 0 Å². The Labute approximate surface area is 143 Å². The van der Waals surface area contributed by atoms with E-state index in [4.69, 9.17) is 0 Å². The number of benzene rings is 2. The van der Waals surface area contributed by atoms with Crippen molar-refractivity contribution >= 4 is 28.5 Å². The maximum Gasteiger partial charge on any atom is 0.252 e. The average Bonchev–Trinajstić information content (AvgIpc) is 3.08. The number of amides is 1. The third kappa shape index (κ3) is 3.39. The first-order valence-corrected chi connectivity index (χ1v) is 8.07. The highest BCUT2D eigenvalue weighted by Gasteiger charge is 2.08. The molecule has 0 spiro atoms. The number of halogens is 1. The van der Waals surface area contributed by atoms with E-state index in [1.165, 1.54) is 0 Å². The third-order valence-corrected chi connectivity index (χ3v) is 4.35. The molecule has 4 heteroatoms. The lowest BCUT2D eigenvalue weighted by Crippen LogP contribution is -2.23. The molecule has 3 aromatic rings. The zero-order chi connectivity index (χ0) is 15.4. The zero-order valence-corrected chi connectivity index (χ0v) is 14.0. The van der Waals surface area contributed by atoms with E-state index < -0.39 is 0 Å². The number of hydrogen-bond acceptors (Lipinski definition) is 1. The Morgan fingerprint density at radius 1 is 0.955 bits per heavy atom. The molecule has 1 heterocycles. The molecule has 0 aliphatic rings. The molecule has 1 aromatic heterocycles. The molecular weight excluding hydrogens is 387 g/mol. The van der Waals surface area contributed by atoms with Crippen LogP contribution in [0.25, 0.3) is 5.69 Å². The summed E-state index contributed by atoms with van der Waals surface area (Å²) in [4.78, 5) is 12.2. The van der Waals surface area contributed by atoms with E-state index >= 15 is 0 Å². The minimum Gasteiger partial charge on any atom is -0.348 e. The van der Waals surface area contributed by atoms with Crippen LogP contribution in [-0.2, 0) is 6.54 Å². The smallest absolute Gasteiger partial charge is 0.252 e. The highest BCUT2D eigenvalue weighted by molar-refractivity contribution is 14.1. The first-order valence-electron chi connectivity index (χ1n) is 6.99. The van der Waals surface area contributed by atoms with Crippen LogP contribution in [0.15, 0.2) is 73.1 Å². The zero-order valence-electron chi connectivity index (χ0n) is 11.9. The normalized spacial score (nSPS) is 10.4. The van der Waals surface area contributed by atoms with Crippen molar-refractivity contribution in [1.82, 2.24) is 9.88 Å². The van der Waals surface area contributed by atoms with Crippen molar-refractivity contribution in [1.29, 1.82) is 0 Å². The topological polar surface area (TPSA) is 34.0 Å². The predicted octanol–water partition coefficient (Wildman–Crippen LogP) is 4.01. The van der Waals surface area contributed by atoms with Crippen molar-refractivity contribution in [3.8, 4) is 5.69 Å². The van der Waals surface area contributed by atoms with Gasteiger partial charge in [0.2, 0.25) is 0 Å². The second kappa shape index (κ2) is 6.79. The van der Waals surface area contributed by atoms with Crippen molar-refractivity contribution in [2.75, 3.05) is 0 Å². The van der Waals surface area contributed by atoms with Gasteiger partial charge in [-0.25, -0.2) is 0 Å². The second-order valence-electron chi connectivity index (χ2n) is 4.92. The summed E-state index contributed by atoms with van der Waals surface area (Å²) < 4.78 is 3.01. The van der Waals surface area contributed by atoms with Crippen LogP contribution in [0.4, 0.5) is 0 Å². The number of nitrogens with one attached hydrogen (secondary N) is 1. The summed E-state index contributed by atoms with van der Waals surface area (Å²) in [5.41, 5.74) is 2.90. The summed E-state index contributed by atoms with van der Waals surface area (Å²) >= 11 is 2.18. The molecular formula is C18H15IN2O. The van der Waals surface area contributed by atoms with Gasteiger partial charge in [-0.05, 0) is 64.6 Å². The van der Waals surface area contributed by atoms with E-state index in [0.717, 1.165) is 14.8 Å². The molecule has 110 valence electrons. The van der Waals surface area contributed by atoms with Crippen LogP contribution in [0, 0.1) is 3.57 Å². The number of nitrogens with zero attached hydrogens (tertiary/aromatic N) is 1. The number of carbonyl (C=O) groups excluding carboxylic acids is 1. The number of carbonyl (C=O) groups is 1. The first-order chi connectivity index (χ1) is 10.7. The summed E-state index contributed by atoms with van der Waals surface area (Å²) in [6.07, 6.45) is 4.02. The van der Waals surface area contributed by atoms with Gasteiger partial charge in [-0.3, -0.25) is 4.79 Å². The molecule has 0 bridgehead atoms. The van der Waals surface area contributed by atoms with Crippen LogP contribution in [0.3, 0.4) is 0 Å². The van der Waals surface area contributed by atoms with Gasteiger partial charge in [-0.2, -0.15) is 0 Å². The van der Waals surface area contributed by atoms with Gasteiger partial charge in [-0.1, -0.05) is 24.3 Å². The highest BCUT2D eigenvalue weighted by Crippen LogP contribution is 2.12. The highest BCUT2D eigenvalue weighted by atomic mass is 127. The molecule has 1 N–H and O–H groups in total. The van der Waals surface area contributed by atoms with Gasteiger partial charge in [-0.15, -0.1) is 0 Å². The van der Waals surface area contributed by atoms with Crippen molar-refractivity contribution in [3.05, 3.63) is 87.8 Å². The molecule has 0 aliphatic heterocycles. The van der Waals surface area contributed by atoms with Gasteiger partial charge >= 0.3 is 0 Å². The molecule has 3 rings (SSSR count). The lowest BCUT2D eigenvalue weighted by molar-refractivity contribution is 0.0950. The second-order valence-corrected chi connectivity index (χ2v) is 6.08. The summed E-state index contributed by atoms with van der Waals surface area (Å²) in [5.74, 6) is -0.0421. The van der Waals surface area contributed by atoms with Gasteiger partial charge < -0.3 is 9.88 Å². The van der Waals surface area contributed by atoms with Crippen molar-refractivity contribution in [3.63, 3.8) is 0 Å². The lowest BCUT2D eigenvalue weighted by Gasteiger charge is -2.08. The molecule has 0 aliphatic carbocycles. The number of hydrogen-bond donors (Lipinski definition) is 1. The summed E-state index contributed by atoms with van der Waals surface area (Å²) in [6, 6.07) is 19.7. The van der Waals surface area contributed by atoms with E-state index in [9.17, 15) is 4.79 Å². The predicted molar refractivity (Wildman–Crippen MR) is 96.1 cm³/mol. The van der Waals surface area contributed by atoms with E-state index in [1.807, 2.05) is 73.1 Å². The fourth-order valence-corrected chi connectivity index (χ4v) is 2.85.